The number of aromatic nitrogens is 3. The first-order chi connectivity index (χ1) is 11.1. The molecule has 8 nitrogen and oxygen atoms in total. The van der Waals surface area contributed by atoms with E-state index in [1.165, 1.54) is 7.11 Å². The van der Waals surface area contributed by atoms with Crippen LogP contribution >= 0.6 is 0 Å². The van der Waals surface area contributed by atoms with E-state index in [0.29, 0.717) is 17.5 Å². The van der Waals surface area contributed by atoms with Gasteiger partial charge in [0.05, 0.1) is 13.7 Å². The van der Waals surface area contributed by atoms with E-state index in [4.69, 9.17) is 9.47 Å². The van der Waals surface area contributed by atoms with Crippen LogP contribution in [0.3, 0.4) is 0 Å². The largest absolute Gasteiger partial charge is 0.484 e. The summed E-state index contributed by atoms with van der Waals surface area (Å²) in [5.74, 6) is 1.24. The van der Waals surface area contributed by atoms with Crippen molar-refractivity contribution in [2.24, 2.45) is 0 Å². The monoisotopic (exact) mass is 317 g/mol. The highest BCUT2D eigenvalue weighted by molar-refractivity contribution is 5.77. The van der Waals surface area contributed by atoms with Crippen molar-refractivity contribution < 1.29 is 14.3 Å². The molecule has 1 aromatic heterocycles. The number of amides is 1. The highest BCUT2D eigenvalue weighted by Gasteiger charge is 2.10. The van der Waals surface area contributed by atoms with Crippen LogP contribution in [-0.4, -0.2) is 48.7 Å². The quantitative estimate of drug-likeness (QED) is 0.801. The maximum absolute atomic E-state index is 11.8. The fourth-order valence-electron chi connectivity index (χ4n) is 1.65. The molecule has 0 aliphatic carbocycles. The van der Waals surface area contributed by atoms with Crippen LogP contribution in [0.4, 0.5) is 5.95 Å². The first-order valence-corrected chi connectivity index (χ1v) is 6.99. The van der Waals surface area contributed by atoms with E-state index >= 15 is 0 Å². The molecular weight excluding hydrogens is 298 g/mol. The summed E-state index contributed by atoms with van der Waals surface area (Å²) in [6.45, 7) is 0.0868. The highest BCUT2D eigenvalue weighted by Crippen LogP contribution is 2.10. The molecule has 1 aromatic carbocycles. The summed E-state index contributed by atoms with van der Waals surface area (Å²) in [7, 11) is 5.10. The van der Waals surface area contributed by atoms with Crippen LogP contribution in [0, 0.1) is 0 Å². The molecule has 0 aliphatic rings. The second-order valence-corrected chi connectivity index (χ2v) is 4.81. The molecule has 0 unspecified atom stereocenters. The molecule has 0 radical (unpaired) electrons. The number of rotatable bonds is 7. The van der Waals surface area contributed by atoms with Gasteiger partial charge >= 0.3 is 6.01 Å². The van der Waals surface area contributed by atoms with Gasteiger partial charge in [0.2, 0.25) is 5.95 Å². The van der Waals surface area contributed by atoms with Gasteiger partial charge in [-0.15, -0.1) is 0 Å². The Balaban J connectivity index is 1.89. The molecule has 0 bridgehead atoms. The van der Waals surface area contributed by atoms with Gasteiger partial charge in [0.25, 0.3) is 5.91 Å². The molecule has 23 heavy (non-hydrogen) atoms. The third-order valence-electron chi connectivity index (χ3n) is 2.79. The van der Waals surface area contributed by atoms with Crippen LogP contribution in [0.15, 0.2) is 30.3 Å². The van der Waals surface area contributed by atoms with E-state index in [1.54, 1.807) is 17.0 Å². The zero-order chi connectivity index (χ0) is 16.7. The third kappa shape index (κ3) is 5.10. The molecular formula is C15H19N5O3. The van der Waals surface area contributed by atoms with Gasteiger partial charge in [-0.1, -0.05) is 18.2 Å². The van der Waals surface area contributed by atoms with Gasteiger partial charge in [0.1, 0.15) is 5.75 Å². The maximum Gasteiger partial charge on any atom is 0.321 e. The molecule has 1 amide bonds. The molecule has 1 N–H and O–H groups in total. The number of hydrogen-bond donors (Lipinski definition) is 1. The lowest BCUT2D eigenvalue weighted by atomic mass is 10.3. The first-order valence-electron chi connectivity index (χ1n) is 6.99. The van der Waals surface area contributed by atoms with E-state index in [9.17, 15) is 4.79 Å². The number of carbonyl (C=O) groups excluding carboxylic acids is 1. The normalized spacial score (nSPS) is 10.0. The number of benzene rings is 1. The fraction of sp³-hybridized carbons (Fsp3) is 0.333. The molecule has 1 heterocycles. The molecule has 0 atom stereocenters. The SMILES string of the molecule is COc1nc(CNC(=O)COc2ccccc2)nc(N(C)C)n1. The molecule has 0 saturated carbocycles. The molecule has 122 valence electrons. The summed E-state index contributed by atoms with van der Waals surface area (Å²) in [5.41, 5.74) is 0. The number of methoxy groups -OCH3 is 1. The Labute approximate surface area is 134 Å². The van der Waals surface area contributed by atoms with Crippen molar-refractivity contribution in [2.45, 2.75) is 6.54 Å². The second kappa shape index (κ2) is 7.92. The van der Waals surface area contributed by atoms with Gasteiger partial charge in [-0.25, -0.2) is 0 Å². The Bertz CT molecular complexity index is 649. The number of carbonyl (C=O) groups is 1. The third-order valence-corrected chi connectivity index (χ3v) is 2.79. The van der Waals surface area contributed by atoms with Crippen molar-refractivity contribution in [3.8, 4) is 11.8 Å². The fourth-order valence-corrected chi connectivity index (χ4v) is 1.65. The molecule has 0 aliphatic heterocycles. The van der Waals surface area contributed by atoms with Crippen molar-refractivity contribution >= 4 is 11.9 Å². The van der Waals surface area contributed by atoms with E-state index in [1.807, 2.05) is 32.3 Å². The van der Waals surface area contributed by atoms with Crippen LogP contribution in [0.5, 0.6) is 11.8 Å². The summed E-state index contributed by atoms with van der Waals surface area (Å²) >= 11 is 0. The van der Waals surface area contributed by atoms with Gasteiger partial charge in [-0.05, 0) is 12.1 Å². The average Bonchev–Trinajstić information content (AvgIpc) is 2.58. The van der Waals surface area contributed by atoms with Crippen molar-refractivity contribution in [2.75, 3.05) is 32.7 Å². The molecule has 2 rings (SSSR count). The van der Waals surface area contributed by atoms with Crippen LogP contribution in [0.1, 0.15) is 5.82 Å². The van der Waals surface area contributed by atoms with Gasteiger partial charge in [0.15, 0.2) is 12.4 Å². The average molecular weight is 317 g/mol. The van der Waals surface area contributed by atoms with Crippen LogP contribution < -0.4 is 19.7 Å². The van der Waals surface area contributed by atoms with Crippen LogP contribution in [-0.2, 0) is 11.3 Å². The Kier molecular flexibility index (Phi) is 5.67. The van der Waals surface area contributed by atoms with Gasteiger partial charge in [0, 0.05) is 14.1 Å². The Hall–Kier alpha value is -2.90. The summed E-state index contributed by atoms with van der Waals surface area (Å²) < 4.78 is 10.4. The molecule has 8 heteroatoms. The van der Waals surface area contributed by atoms with Gasteiger partial charge in [-0.3, -0.25) is 4.79 Å². The zero-order valence-electron chi connectivity index (χ0n) is 13.3. The van der Waals surface area contributed by atoms with Gasteiger partial charge < -0.3 is 19.7 Å². The minimum Gasteiger partial charge on any atom is -0.484 e. The Morgan fingerprint density at radius 3 is 2.57 bits per heavy atom. The van der Waals surface area contributed by atoms with E-state index < -0.39 is 0 Å². The number of anilines is 1. The molecule has 2 aromatic rings. The topological polar surface area (TPSA) is 89.5 Å². The van der Waals surface area contributed by atoms with Crippen molar-refractivity contribution in [1.29, 1.82) is 0 Å². The summed E-state index contributed by atoms with van der Waals surface area (Å²) in [6.07, 6.45) is 0. The maximum atomic E-state index is 11.8. The summed E-state index contributed by atoms with van der Waals surface area (Å²) in [6, 6.07) is 9.33. The molecule has 0 spiro atoms. The number of ether oxygens (including phenoxy) is 2. The van der Waals surface area contributed by atoms with Crippen LogP contribution in [0.2, 0.25) is 0 Å². The summed E-state index contributed by atoms with van der Waals surface area (Å²) in [4.78, 5) is 26.0. The van der Waals surface area contributed by atoms with E-state index in [2.05, 4.69) is 20.3 Å². The second-order valence-electron chi connectivity index (χ2n) is 4.81. The Morgan fingerprint density at radius 2 is 1.91 bits per heavy atom. The first kappa shape index (κ1) is 16.5. The summed E-state index contributed by atoms with van der Waals surface area (Å²) in [5, 5.41) is 2.70. The van der Waals surface area contributed by atoms with Gasteiger partial charge in [-0.2, -0.15) is 15.0 Å². The minimum absolute atomic E-state index is 0.0766. The molecule has 0 fully saturated rings. The number of para-hydroxylation sites is 1. The Morgan fingerprint density at radius 1 is 1.17 bits per heavy atom. The highest BCUT2D eigenvalue weighted by atomic mass is 16.5. The smallest absolute Gasteiger partial charge is 0.321 e. The predicted molar refractivity (Wildman–Crippen MR) is 84.5 cm³/mol. The van der Waals surface area contributed by atoms with E-state index in [-0.39, 0.29) is 25.1 Å². The lowest BCUT2D eigenvalue weighted by molar-refractivity contribution is -0.123. The predicted octanol–water partition coefficient (Wildman–Crippen LogP) is 0.641. The minimum atomic E-state index is -0.264. The number of hydrogen-bond acceptors (Lipinski definition) is 7. The number of nitrogens with zero attached hydrogens (tertiary/aromatic N) is 4. The lowest BCUT2D eigenvalue weighted by Crippen LogP contribution is -2.29. The number of nitrogens with one attached hydrogen (secondary N) is 1. The van der Waals surface area contributed by atoms with Crippen molar-refractivity contribution in [3.63, 3.8) is 0 Å². The molecule has 0 saturated heterocycles. The van der Waals surface area contributed by atoms with Crippen molar-refractivity contribution in [3.05, 3.63) is 36.2 Å². The lowest BCUT2D eigenvalue weighted by Gasteiger charge is -2.12. The standard InChI is InChI=1S/C15H19N5O3/c1-20(2)14-17-12(18-15(19-14)22-3)9-16-13(21)10-23-11-7-5-4-6-8-11/h4-8H,9-10H2,1-3H3,(H,16,21). The van der Waals surface area contributed by atoms with Crippen molar-refractivity contribution in [1.82, 2.24) is 20.3 Å². The zero-order valence-corrected chi connectivity index (χ0v) is 13.3. The van der Waals surface area contributed by atoms with Crippen LogP contribution in [0.25, 0.3) is 0 Å². The van der Waals surface area contributed by atoms with E-state index in [0.717, 1.165) is 0 Å².